The molecule has 1 unspecified atom stereocenters. The summed E-state index contributed by atoms with van der Waals surface area (Å²) >= 11 is 0. The predicted octanol–water partition coefficient (Wildman–Crippen LogP) is 5.30. The molecule has 0 radical (unpaired) electrons. The minimum Gasteiger partial charge on any atom is -0.290 e. The molecule has 2 heteroatoms. The summed E-state index contributed by atoms with van der Waals surface area (Å²) in [5.74, 6) is 0. The van der Waals surface area contributed by atoms with Crippen molar-refractivity contribution in [2.24, 2.45) is 0 Å². The topological polar surface area (TPSA) is 17.1 Å². The SMILES string of the molecule is C/C=C(\C)C(=O)PCCCCCCCCCC. The van der Waals surface area contributed by atoms with Gasteiger partial charge in [0.2, 0.25) is 0 Å². The molecular weight excluding hydrogens is 227 g/mol. The van der Waals surface area contributed by atoms with Gasteiger partial charge >= 0.3 is 0 Å². The molecule has 0 aliphatic carbocycles. The van der Waals surface area contributed by atoms with E-state index >= 15 is 0 Å². The Bertz CT molecular complexity index is 221. The van der Waals surface area contributed by atoms with Crippen molar-refractivity contribution >= 4 is 14.1 Å². The largest absolute Gasteiger partial charge is 0.290 e. The van der Waals surface area contributed by atoms with Crippen molar-refractivity contribution in [2.45, 2.75) is 72.1 Å². The van der Waals surface area contributed by atoms with Gasteiger partial charge in [-0.3, -0.25) is 4.79 Å². The van der Waals surface area contributed by atoms with E-state index in [1.807, 2.05) is 19.9 Å². The molecule has 0 spiro atoms. The van der Waals surface area contributed by atoms with Gasteiger partial charge in [0.15, 0.2) is 5.52 Å². The minimum atomic E-state index is 0.357. The molecule has 100 valence electrons. The highest BCUT2D eigenvalue weighted by molar-refractivity contribution is 7.58. The lowest BCUT2D eigenvalue weighted by Gasteiger charge is -2.02. The standard InChI is InChI=1S/C15H29OP/c1-4-6-7-8-9-10-11-12-13-17-15(16)14(3)5-2/h5,17H,4,6-13H2,1-3H3/b14-5+. The van der Waals surface area contributed by atoms with Crippen LogP contribution >= 0.6 is 8.58 Å². The van der Waals surface area contributed by atoms with E-state index in [1.54, 1.807) is 0 Å². The number of unbranched alkanes of at least 4 members (excludes halogenated alkanes) is 7. The molecular formula is C15H29OP. The lowest BCUT2D eigenvalue weighted by atomic mass is 10.1. The second-order valence-corrected chi connectivity index (χ2v) is 6.01. The summed E-state index contributed by atoms with van der Waals surface area (Å²) in [5.41, 5.74) is 1.29. The number of carbonyl (C=O) groups is 1. The van der Waals surface area contributed by atoms with Crippen LogP contribution in [0.2, 0.25) is 0 Å². The first kappa shape index (κ1) is 16.8. The van der Waals surface area contributed by atoms with Crippen LogP contribution in [0, 0.1) is 0 Å². The average molecular weight is 256 g/mol. The van der Waals surface area contributed by atoms with E-state index in [2.05, 4.69) is 6.92 Å². The molecule has 0 aromatic rings. The zero-order chi connectivity index (χ0) is 12.9. The van der Waals surface area contributed by atoms with Crippen molar-refractivity contribution < 1.29 is 4.79 Å². The normalized spacial score (nSPS) is 12.5. The molecule has 1 atom stereocenters. The molecule has 0 N–H and O–H groups in total. The van der Waals surface area contributed by atoms with Crippen LogP contribution in [0.1, 0.15) is 72.1 Å². The van der Waals surface area contributed by atoms with Crippen LogP contribution in [0.25, 0.3) is 0 Å². The van der Waals surface area contributed by atoms with Crippen LogP contribution < -0.4 is 0 Å². The van der Waals surface area contributed by atoms with Crippen molar-refractivity contribution in [1.29, 1.82) is 0 Å². The third-order valence-corrected chi connectivity index (χ3v) is 4.43. The van der Waals surface area contributed by atoms with Gasteiger partial charge in [-0.15, -0.1) is 0 Å². The zero-order valence-corrected chi connectivity index (χ0v) is 12.8. The molecule has 0 saturated heterocycles. The van der Waals surface area contributed by atoms with Crippen LogP contribution in [0.3, 0.4) is 0 Å². The fourth-order valence-corrected chi connectivity index (χ4v) is 2.81. The van der Waals surface area contributed by atoms with E-state index in [1.165, 1.54) is 51.4 Å². The van der Waals surface area contributed by atoms with E-state index in [-0.39, 0.29) is 0 Å². The fraction of sp³-hybridized carbons (Fsp3) is 0.800. The molecule has 0 aliphatic rings. The van der Waals surface area contributed by atoms with E-state index in [0.717, 1.165) is 11.7 Å². The third-order valence-electron chi connectivity index (χ3n) is 3.11. The van der Waals surface area contributed by atoms with Gasteiger partial charge in [-0.05, 0) is 40.6 Å². The average Bonchev–Trinajstić information content (AvgIpc) is 2.35. The molecule has 0 aromatic heterocycles. The van der Waals surface area contributed by atoms with Gasteiger partial charge in [0, 0.05) is 0 Å². The van der Waals surface area contributed by atoms with E-state index < -0.39 is 0 Å². The van der Waals surface area contributed by atoms with Gasteiger partial charge in [-0.1, -0.05) is 57.9 Å². The minimum absolute atomic E-state index is 0.357. The van der Waals surface area contributed by atoms with Crippen molar-refractivity contribution in [3.8, 4) is 0 Å². The Balaban J connectivity index is 3.21. The molecule has 0 aromatic carbocycles. The van der Waals surface area contributed by atoms with Crippen LogP contribution in [-0.4, -0.2) is 11.7 Å². The Kier molecular flexibility index (Phi) is 12.2. The number of allylic oxidation sites excluding steroid dienone is 2. The second kappa shape index (κ2) is 12.3. The number of hydrogen-bond donors (Lipinski definition) is 0. The molecule has 0 amide bonds. The first-order valence-corrected chi connectivity index (χ1v) is 8.34. The maximum atomic E-state index is 11.5. The number of rotatable bonds is 11. The van der Waals surface area contributed by atoms with E-state index in [9.17, 15) is 4.79 Å². The quantitative estimate of drug-likeness (QED) is 0.278. The number of hydrogen-bond acceptors (Lipinski definition) is 1. The molecule has 0 saturated carbocycles. The van der Waals surface area contributed by atoms with E-state index in [4.69, 9.17) is 0 Å². The Morgan fingerprint density at radius 2 is 1.53 bits per heavy atom. The maximum absolute atomic E-state index is 11.5. The highest BCUT2D eigenvalue weighted by atomic mass is 31.1. The zero-order valence-electron chi connectivity index (χ0n) is 11.8. The van der Waals surface area contributed by atoms with Crippen molar-refractivity contribution in [1.82, 2.24) is 0 Å². The molecule has 0 heterocycles. The molecule has 0 rings (SSSR count). The van der Waals surface area contributed by atoms with Crippen molar-refractivity contribution in [3.05, 3.63) is 11.6 Å². The predicted molar refractivity (Wildman–Crippen MR) is 80.2 cm³/mol. The van der Waals surface area contributed by atoms with Gasteiger partial charge in [0.25, 0.3) is 0 Å². The van der Waals surface area contributed by atoms with Gasteiger partial charge in [0.05, 0.1) is 0 Å². The summed E-state index contributed by atoms with van der Waals surface area (Å²) in [6.07, 6.45) is 13.8. The van der Waals surface area contributed by atoms with Gasteiger partial charge < -0.3 is 0 Å². The fourth-order valence-electron chi connectivity index (χ4n) is 1.73. The summed E-state index contributed by atoms with van der Waals surface area (Å²) < 4.78 is 0. The van der Waals surface area contributed by atoms with Gasteiger partial charge in [-0.2, -0.15) is 0 Å². The Morgan fingerprint density at radius 3 is 2.06 bits per heavy atom. The summed E-state index contributed by atoms with van der Waals surface area (Å²) in [6.45, 7) is 6.11. The maximum Gasteiger partial charge on any atom is 0.176 e. The summed E-state index contributed by atoms with van der Waals surface area (Å²) in [5, 5.41) is 0. The summed E-state index contributed by atoms with van der Waals surface area (Å²) in [6, 6.07) is 0. The second-order valence-electron chi connectivity index (χ2n) is 4.70. The van der Waals surface area contributed by atoms with Gasteiger partial charge in [-0.25, -0.2) is 0 Å². The first-order valence-electron chi connectivity index (χ1n) is 7.13. The summed E-state index contributed by atoms with van der Waals surface area (Å²) in [4.78, 5) is 11.5. The smallest absolute Gasteiger partial charge is 0.176 e. The van der Waals surface area contributed by atoms with Crippen LogP contribution in [0.15, 0.2) is 11.6 Å². The molecule has 0 aliphatic heterocycles. The lowest BCUT2D eigenvalue weighted by molar-refractivity contribution is -0.108. The first-order chi connectivity index (χ1) is 8.22. The molecule has 0 fully saturated rings. The van der Waals surface area contributed by atoms with Gasteiger partial charge in [0.1, 0.15) is 0 Å². The Morgan fingerprint density at radius 1 is 1.00 bits per heavy atom. The van der Waals surface area contributed by atoms with Crippen LogP contribution in [0.5, 0.6) is 0 Å². The van der Waals surface area contributed by atoms with Crippen molar-refractivity contribution in [3.63, 3.8) is 0 Å². The van der Waals surface area contributed by atoms with Crippen LogP contribution in [0.4, 0.5) is 0 Å². The molecule has 1 nitrogen and oxygen atoms in total. The highest BCUT2D eigenvalue weighted by Crippen LogP contribution is 2.20. The number of carbonyl (C=O) groups excluding carboxylic acids is 1. The molecule has 0 bridgehead atoms. The Hall–Kier alpha value is -0.160. The van der Waals surface area contributed by atoms with Crippen LogP contribution in [-0.2, 0) is 4.79 Å². The van der Waals surface area contributed by atoms with E-state index in [0.29, 0.717) is 14.1 Å². The van der Waals surface area contributed by atoms with Crippen molar-refractivity contribution in [2.75, 3.05) is 6.16 Å². The Labute approximate surface area is 109 Å². The lowest BCUT2D eigenvalue weighted by Crippen LogP contribution is -1.92. The summed E-state index contributed by atoms with van der Waals surface area (Å²) in [7, 11) is 0.498. The highest BCUT2D eigenvalue weighted by Gasteiger charge is 2.02. The monoisotopic (exact) mass is 256 g/mol. The third kappa shape index (κ3) is 10.7. The molecule has 17 heavy (non-hydrogen) atoms.